The molecule has 32 heavy (non-hydrogen) atoms. The molecule has 4 aliphatic rings. The van der Waals surface area contributed by atoms with Gasteiger partial charge >= 0.3 is 6.09 Å². The third kappa shape index (κ3) is 4.89. The molecule has 2 aliphatic heterocycles. The number of hydrogen-bond donors (Lipinski definition) is 0. The molecule has 1 amide bonds. The highest BCUT2D eigenvalue weighted by Crippen LogP contribution is 2.55. The van der Waals surface area contributed by atoms with E-state index < -0.39 is 5.60 Å². The van der Waals surface area contributed by atoms with Crippen LogP contribution >= 0.6 is 0 Å². The Morgan fingerprint density at radius 2 is 1.75 bits per heavy atom. The first-order valence-electron chi connectivity index (χ1n) is 13.1. The van der Waals surface area contributed by atoms with Crippen molar-refractivity contribution in [3.8, 4) is 0 Å². The van der Waals surface area contributed by atoms with Gasteiger partial charge in [0.1, 0.15) is 5.60 Å². The van der Waals surface area contributed by atoms with Gasteiger partial charge in [-0.2, -0.15) is 0 Å². The van der Waals surface area contributed by atoms with Crippen LogP contribution in [0.2, 0.25) is 0 Å². The van der Waals surface area contributed by atoms with Gasteiger partial charge in [-0.3, -0.25) is 4.90 Å². The van der Waals surface area contributed by atoms with Gasteiger partial charge in [-0.15, -0.1) is 0 Å². The molecule has 0 aromatic heterocycles. The van der Waals surface area contributed by atoms with E-state index in [-0.39, 0.29) is 30.6 Å². The molecular weight excluding hydrogens is 402 g/mol. The smallest absolute Gasteiger partial charge is 0.411 e. The molecule has 0 bridgehead atoms. The first-order valence-corrected chi connectivity index (χ1v) is 13.1. The Balaban J connectivity index is 1.57. The average Bonchev–Trinajstić information content (AvgIpc) is 3.05. The van der Waals surface area contributed by atoms with E-state index in [9.17, 15) is 4.79 Å². The maximum absolute atomic E-state index is 13.1. The van der Waals surface area contributed by atoms with E-state index in [4.69, 9.17) is 14.2 Å². The van der Waals surface area contributed by atoms with E-state index in [1.807, 2.05) is 25.7 Å². The number of ether oxygens (including phenoxy) is 3. The molecule has 0 spiro atoms. The lowest BCUT2D eigenvalue weighted by atomic mass is 9.57. The zero-order valence-corrected chi connectivity index (χ0v) is 21.1. The van der Waals surface area contributed by atoms with Gasteiger partial charge in [-0.1, -0.05) is 31.4 Å². The van der Waals surface area contributed by atoms with Crippen LogP contribution in [0, 0.1) is 29.6 Å². The average molecular weight is 448 g/mol. The summed E-state index contributed by atoms with van der Waals surface area (Å²) in [7, 11) is 1.79. The van der Waals surface area contributed by atoms with E-state index in [0.717, 1.165) is 31.1 Å². The molecule has 0 N–H and O–H groups in total. The number of piperidine rings is 1. The number of likely N-dealkylation sites (tertiary alicyclic amines) is 1. The lowest BCUT2D eigenvalue weighted by Gasteiger charge is -2.47. The van der Waals surface area contributed by atoms with Crippen molar-refractivity contribution in [1.29, 1.82) is 0 Å². The molecule has 5 nitrogen and oxygen atoms in total. The molecular formula is C27H45NO4. The summed E-state index contributed by atoms with van der Waals surface area (Å²) in [5.74, 6) is 3.01. The van der Waals surface area contributed by atoms with Crippen LogP contribution in [0.25, 0.3) is 0 Å². The molecule has 9 atom stereocenters. The summed E-state index contributed by atoms with van der Waals surface area (Å²) in [6.07, 6.45) is 14.6. The molecule has 2 heterocycles. The number of carbonyl (C=O) groups excluding carboxylic acids is 1. The zero-order valence-electron chi connectivity index (χ0n) is 21.1. The monoisotopic (exact) mass is 447 g/mol. The van der Waals surface area contributed by atoms with Gasteiger partial charge < -0.3 is 14.2 Å². The quantitative estimate of drug-likeness (QED) is 0.485. The number of carbonyl (C=O) groups is 1. The summed E-state index contributed by atoms with van der Waals surface area (Å²) in [5, 5.41) is 0. The van der Waals surface area contributed by atoms with Gasteiger partial charge in [0.25, 0.3) is 0 Å². The van der Waals surface area contributed by atoms with E-state index in [1.54, 1.807) is 7.11 Å². The minimum Gasteiger partial charge on any atom is -0.444 e. The van der Waals surface area contributed by atoms with E-state index in [0.29, 0.717) is 17.8 Å². The minimum absolute atomic E-state index is 0.0678. The first-order chi connectivity index (χ1) is 15.2. The fraction of sp³-hybridized carbons (Fsp3) is 0.889. The van der Waals surface area contributed by atoms with Crippen molar-refractivity contribution in [3.63, 3.8) is 0 Å². The topological polar surface area (TPSA) is 48.0 Å². The Morgan fingerprint density at radius 1 is 1.00 bits per heavy atom. The Bertz CT molecular complexity index is 686. The van der Waals surface area contributed by atoms with Crippen molar-refractivity contribution in [2.24, 2.45) is 29.6 Å². The predicted octanol–water partition coefficient (Wildman–Crippen LogP) is 6.17. The molecule has 5 heteroatoms. The molecule has 182 valence electrons. The lowest BCUT2D eigenvalue weighted by molar-refractivity contribution is -0.132. The van der Waals surface area contributed by atoms with Crippen LogP contribution < -0.4 is 0 Å². The number of rotatable bonds is 3. The van der Waals surface area contributed by atoms with Gasteiger partial charge in [-0.05, 0) is 90.4 Å². The molecule has 2 saturated heterocycles. The highest BCUT2D eigenvalue weighted by Gasteiger charge is 2.53. The second-order valence-electron chi connectivity index (χ2n) is 11.8. The highest BCUT2D eigenvalue weighted by molar-refractivity contribution is 5.69. The summed E-state index contributed by atoms with van der Waals surface area (Å²) in [5.41, 5.74) is -0.472. The summed E-state index contributed by atoms with van der Waals surface area (Å²) >= 11 is 0. The van der Waals surface area contributed by atoms with E-state index in [2.05, 4.69) is 26.0 Å². The van der Waals surface area contributed by atoms with Gasteiger partial charge in [0.05, 0.1) is 12.1 Å². The molecule has 4 fully saturated rings. The normalized spacial score (nSPS) is 42.6. The maximum Gasteiger partial charge on any atom is 0.411 e. The Labute approximate surface area is 195 Å². The lowest BCUT2D eigenvalue weighted by Crippen LogP contribution is -2.50. The van der Waals surface area contributed by atoms with Gasteiger partial charge in [0.15, 0.2) is 6.29 Å². The van der Waals surface area contributed by atoms with Crippen molar-refractivity contribution < 1.29 is 19.0 Å². The Morgan fingerprint density at radius 3 is 2.47 bits per heavy atom. The van der Waals surface area contributed by atoms with Crippen LogP contribution in [-0.2, 0) is 14.2 Å². The fourth-order valence-corrected chi connectivity index (χ4v) is 7.27. The van der Waals surface area contributed by atoms with Crippen LogP contribution in [-0.4, -0.2) is 48.2 Å². The Hall–Kier alpha value is -1.07. The van der Waals surface area contributed by atoms with E-state index in [1.165, 1.54) is 32.1 Å². The van der Waals surface area contributed by atoms with Gasteiger partial charge in [0.2, 0.25) is 0 Å². The number of allylic oxidation sites excluding steroid dienone is 1. The second kappa shape index (κ2) is 9.66. The van der Waals surface area contributed by atoms with Crippen LogP contribution in [0.1, 0.15) is 86.0 Å². The Kier molecular flexibility index (Phi) is 7.26. The summed E-state index contributed by atoms with van der Waals surface area (Å²) in [6, 6.07) is 0.327. The van der Waals surface area contributed by atoms with Crippen LogP contribution in [0.15, 0.2) is 12.2 Å². The number of hydrogen-bond acceptors (Lipinski definition) is 4. The van der Waals surface area contributed by atoms with Crippen molar-refractivity contribution in [3.05, 3.63) is 12.2 Å². The van der Waals surface area contributed by atoms with Gasteiger partial charge in [0, 0.05) is 19.1 Å². The van der Waals surface area contributed by atoms with Crippen LogP contribution in [0.4, 0.5) is 4.79 Å². The molecule has 0 radical (unpaired) electrons. The summed E-state index contributed by atoms with van der Waals surface area (Å²) in [6.45, 7) is 10.2. The first kappa shape index (κ1) is 24.1. The van der Waals surface area contributed by atoms with Crippen LogP contribution in [0.3, 0.4) is 0 Å². The standard InChI is InChI=1S/C27H45NO4/c1-17-10-9-12-20(28(17)26(29)32-27(3,4)5)14-15-22-21-13-8-7-11-19(21)16-23-24(22)18(2)31-25(23)30-6/h14-15,17-25H,7-13,16H2,1-6H3/b15-14+/t17-,18+,19-,20+,21+,22-,23+,24-,25+/m1/s1. The van der Waals surface area contributed by atoms with Crippen LogP contribution in [0.5, 0.6) is 0 Å². The van der Waals surface area contributed by atoms with Crippen molar-refractivity contribution >= 4 is 6.09 Å². The SMILES string of the molecule is CO[C@H]1O[C@@H](C)[C@@H]2[C@H](/C=C/[C@@H]3CCC[C@@H](C)N3C(=O)OC(C)(C)C)[C@H]3CCCC[C@@H]3C[C@H]12. The van der Waals surface area contributed by atoms with E-state index >= 15 is 0 Å². The zero-order chi connectivity index (χ0) is 23.0. The molecule has 2 aliphatic carbocycles. The van der Waals surface area contributed by atoms with Crippen molar-refractivity contribution in [2.45, 2.75) is 116 Å². The minimum atomic E-state index is -0.472. The van der Waals surface area contributed by atoms with Crippen molar-refractivity contribution in [1.82, 2.24) is 4.90 Å². The third-order valence-corrected chi connectivity index (χ3v) is 8.56. The fourth-order valence-electron chi connectivity index (χ4n) is 7.27. The maximum atomic E-state index is 13.1. The molecule has 0 aromatic rings. The number of amides is 1. The predicted molar refractivity (Wildman–Crippen MR) is 126 cm³/mol. The number of fused-ring (bicyclic) bond motifs is 2. The molecule has 0 aromatic carbocycles. The largest absolute Gasteiger partial charge is 0.444 e. The highest BCUT2D eigenvalue weighted by atomic mass is 16.7. The van der Waals surface area contributed by atoms with Crippen molar-refractivity contribution in [2.75, 3.05) is 7.11 Å². The number of nitrogens with zero attached hydrogens (tertiary/aromatic N) is 1. The molecule has 0 unspecified atom stereocenters. The molecule has 4 rings (SSSR count). The third-order valence-electron chi connectivity index (χ3n) is 8.56. The summed E-state index contributed by atoms with van der Waals surface area (Å²) < 4.78 is 17.8. The molecule has 2 saturated carbocycles. The number of methoxy groups -OCH3 is 1. The van der Waals surface area contributed by atoms with Gasteiger partial charge in [-0.25, -0.2) is 4.79 Å². The summed E-state index contributed by atoms with van der Waals surface area (Å²) in [4.78, 5) is 15.1. The second-order valence-corrected chi connectivity index (χ2v) is 11.8.